The van der Waals surface area contributed by atoms with Gasteiger partial charge in [-0.15, -0.1) is 0 Å². The third-order valence-corrected chi connectivity index (χ3v) is 6.49. The van der Waals surface area contributed by atoms with Gasteiger partial charge in [0.05, 0.1) is 27.4 Å². The minimum absolute atomic E-state index is 0.0598. The Kier molecular flexibility index (Phi) is 5.60. The Morgan fingerprint density at radius 1 is 0.939 bits per heavy atom. The van der Waals surface area contributed by atoms with Gasteiger partial charge < -0.3 is 24.3 Å². The number of nitrogens with one attached hydrogen (secondary N) is 1. The van der Waals surface area contributed by atoms with E-state index in [1.165, 1.54) is 16.6 Å². The fourth-order valence-corrected chi connectivity index (χ4v) is 5.01. The number of aromatic hydroxyl groups is 1. The van der Waals surface area contributed by atoms with E-state index in [0.29, 0.717) is 18.0 Å². The first-order chi connectivity index (χ1) is 16.1. The highest BCUT2D eigenvalue weighted by Crippen LogP contribution is 2.45. The van der Waals surface area contributed by atoms with E-state index < -0.39 is 0 Å². The van der Waals surface area contributed by atoms with Gasteiger partial charge in [0.2, 0.25) is 0 Å². The Bertz CT molecular complexity index is 1300. The first-order valence-electron chi connectivity index (χ1n) is 11.0. The van der Waals surface area contributed by atoms with Crippen molar-refractivity contribution in [1.82, 2.24) is 9.88 Å². The molecule has 1 aliphatic rings. The van der Waals surface area contributed by atoms with Crippen LogP contribution in [-0.4, -0.2) is 42.9 Å². The van der Waals surface area contributed by atoms with Crippen LogP contribution in [0.5, 0.6) is 23.0 Å². The summed E-state index contributed by atoms with van der Waals surface area (Å²) in [6, 6.07) is 20.0. The van der Waals surface area contributed by atoms with Gasteiger partial charge >= 0.3 is 0 Å². The van der Waals surface area contributed by atoms with E-state index >= 15 is 0 Å². The zero-order valence-corrected chi connectivity index (χ0v) is 19.1. The van der Waals surface area contributed by atoms with Crippen molar-refractivity contribution >= 4 is 10.9 Å². The van der Waals surface area contributed by atoms with E-state index in [0.717, 1.165) is 35.4 Å². The third kappa shape index (κ3) is 3.66. The first-order valence-corrected chi connectivity index (χ1v) is 11.0. The number of fused-ring (bicyclic) bond motifs is 3. The zero-order valence-electron chi connectivity index (χ0n) is 19.1. The Balaban J connectivity index is 1.64. The molecule has 2 heterocycles. The van der Waals surface area contributed by atoms with Crippen LogP contribution in [0.25, 0.3) is 10.9 Å². The van der Waals surface area contributed by atoms with Gasteiger partial charge in [-0.25, -0.2) is 0 Å². The molecule has 4 aromatic rings. The molecule has 0 bridgehead atoms. The van der Waals surface area contributed by atoms with Crippen LogP contribution in [0.15, 0.2) is 60.7 Å². The number of phenols is 1. The quantitative estimate of drug-likeness (QED) is 0.436. The van der Waals surface area contributed by atoms with Gasteiger partial charge in [-0.1, -0.05) is 36.4 Å². The number of aromatic nitrogens is 1. The van der Waals surface area contributed by atoms with Crippen molar-refractivity contribution in [3.63, 3.8) is 0 Å². The molecule has 6 heteroatoms. The average molecular weight is 445 g/mol. The van der Waals surface area contributed by atoms with E-state index in [2.05, 4.69) is 40.2 Å². The lowest BCUT2D eigenvalue weighted by atomic mass is 9.91. The van der Waals surface area contributed by atoms with Gasteiger partial charge in [0.25, 0.3) is 0 Å². The Morgan fingerprint density at radius 3 is 2.52 bits per heavy atom. The lowest BCUT2D eigenvalue weighted by Gasteiger charge is -2.37. The predicted molar refractivity (Wildman–Crippen MR) is 128 cm³/mol. The molecule has 0 radical (unpaired) electrons. The van der Waals surface area contributed by atoms with Crippen molar-refractivity contribution in [3.05, 3.63) is 83.0 Å². The van der Waals surface area contributed by atoms with E-state index in [1.807, 2.05) is 24.3 Å². The topological polar surface area (TPSA) is 67.0 Å². The van der Waals surface area contributed by atoms with E-state index in [-0.39, 0.29) is 11.8 Å². The fourth-order valence-electron chi connectivity index (χ4n) is 5.01. The Hall–Kier alpha value is -3.64. The fraction of sp³-hybridized carbons (Fsp3) is 0.259. The van der Waals surface area contributed by atoms with Crippen LogP contribution in [0, 0.1) is 0 Å². The lowest BCUT2D eigenvalue weighted by Crippen LogP contribution is -2.35. The summed E-state index contributed by atoms with van der Waals surface area (Å²) in [6.45, 7) is 1.53. The molecule has 33 heavy (non-hydrogen) atoms. The summed E-state index contributed by atoms with van der Waals surface area (Å²) in [5, 5.41) is 11.6. The molecule has 0 fully saturated rings. The molecule has 170 valence electrons. The minimum Gasteiger partial charge on any atom is -0.504 e. The maximum Gasteiger partial charge on any atom is 0.165 e. The van der Waals surface area contributed by atoms with Gasteiger partial charge in [-0.3, -0.25) is 4.90 Å². The third-order valence-electron chi connectivity index (χ3n) is 6.49. The van der Waals surface area contributed by atoms with Crippen LogP contribution < -0.4 is 14.2 Å². The van der Waals surface area contributed by atoms with Gasteiger partial charge in [0.15, 0.2) is 23.0 Å². The van der Waals surface area contributed by atoms with E-state index in [9.17, 15) is 5.11 Å². The van der Waals surface area contributed by atoms with E-state index in [4.69, 9.17) is 14.2 Å². The maximum absolute atomic E-state index is 10.3. The molecule has 6 nitrogen and oxygen atoms in total. The minimum atomic E-state index is -0.0598. The number of nitrogens with zero attached hydrogens (tertiary/aromatic N) is 1. The predicted octanol–water partition coefficient (Wildman–Crippen LogP) is 5.05. The number of phenolic OH excluding ortho intramolecular Hbond substituents is 1. The molecule has 5 rings (SSSR count). The SMILES string of the molecule is COc1ccc(CN2CCc3c([nH]c4ccccc34)C2c2cccc(OC)c2OC)cc1O. The van der Waals surface area contributed by atoms with Crippen molar-refractivity contribution in [2.45, 2.75) is 19.0 Å². The van der Waals surface area contributed by atoms with Crippen LogP contribution in [0.3, 0.4) is 0 Å². The highest BCUT2D eigenvalue weighted by Gasteiger charge is 2.34. The summed E-state index contributed by atoms with van der Waals surface area (Å²) < 4.78 is 16.7. The molecular weight excluding hydrogens is 416 g/mol. The number of ether oxygens (including phenoxy) is 3. The molecular formula is C27H28N2O4. The molecule has 1 aromatic heterocycles. The largest absolute Gasteiger partial charge is 0.504 e. The van der Waals surface area contributed by atoms with Crippen LogP contribution >= 0.6 is 0 Å². The van der Waals surface area contributed by atoms with Crippen LogP contribution in [0.2, 0.25) is 0 Å². The normalized spacial score (nSPS) is 15.9. The average Bonchev–Trinajstić information content (AvgIpc) is 3.22. The number of aromatic amines is 1. The van der Waals surface area contributed by atoms with Crippen molar-refractivity contribution < 1.29 is 19.3 Å². The second kappa shape index (κ2) is 8.71. The highest BCUT2D eigenvalue weighted by molar-refractivity contribution is 5.85. The molecule has 0 saturated carbocycles. The Labute approximate surface area is 193 Å². The zero-order chi connectivity index (χ0) is 22.9. The smallest absolute Gasteiger partial charge is 0.165 e. The first kappa shape index (κ1) is 21.2. The van der Waals surface area contributed by atoms with Gasteiger partial charge in [0, 0.05) is 35.2 Å². The van der Waals surface area contributed by atoms with Crippen molar-refractivity contribution in [2.75, 3.05) is 27.9 Å². The van der Waals surface area contributed by atoms with E-state index in [1.54, 1.807) is 27.4 Å². The summed E-state index contributed by atoms with van der Waals surface area (Å²) in [5.74, 6) is 2.06. The lowest BCUT2D eigenvalue weighted by molar-refractivity contribution is 0.197. The molecule has 0 spiro atoms. The monoisotopic (exact) mass is 444 g/mol. The number of methoxy groups -OCH3 is 3. The maximum atomic E-state index is 10.3. The second-order valence-corrected chi connectivity index (χ2v) is 8.27. The summed E-state index contributed by atoms with van der Waals surface area (Å²) in [5.41, 5.74) is 5.71. The molecule has 0 aliphatic carbocycles. The summed E-state index contributed by atoms with van der Waals surface area (Å²) in [4.78, 5) is 6.10. The van der Waals surface area contributed by atoms with Crippen LogP contribution in [0.4, 0.5) is 0 Å². The number of rotatable bonds is 6. The number of hydrogen-bond donors (Lipinski definition) is 2. The molecule has 0 saturated heterocycles. The van der Waals surface area contributed by atoms with Gasteiger partial charge in [-0.2, -0.15) is 0 Å². The van der Waals surface area contributed by atoms with Gasteiger partial charge in [0.1, 0.15) is 0 Å². The summed E-state index contributed by atoms with van der Waals surface area (Å²) in [7, 11) is 4.90. The highest BCUT2D eigenvalue weighted by atomic mass is 16.5. The molecule has 1 atom stereocenters. The number of para-hydroxylation sites is 2. The van der Waals surface area contributed by atoms with Crippen LogP contribution in [0.1, 0.15) is 28.4 Å². The molecule has 1 unspecified atom stereocenters. The van der Waals surface area contributed by atoms with Crippen LogP contribution in [-0.2, 0) is 13.0 Å². The van der Waals surface area contributed by atoms with Gasteiger partial charge in [-0.05, 0) is 41.8 Å². The molecule has 1 aliphatic heterocycles. The number of hydrogen-bond acceptors (Lipinski definition) is 5. The van der Waals surface area contributed by atoms with Crippen molar-refractivity contribution in [2.24, 2.45) is 0 Å². The standard InChI is InChI=1S/C27H28N2O4/c1-31-23-12-11-17(15-22(23)30)16-29-14-13-19-18-7-4-5-9-21(18)28-25(19)26(29)20-8-6-10-24(32-2)27(20)33-3/h4-12,15,26,28,30H,13-14,16H2,1-3H3. The summed E-state index contributed by atoms with van der Waals surface area (Å²) >= 11 is 0. The number of benzene rings is 3. The van der Waals surface area contributed by atoms with Crippen molar-refractivity contribution in [1.29, 1.82) is 0 Å². The molecule has 2 N–H and O–H groups in total. The second-order valence-electron chi connectivity index (χ2n) is 8.27. The Morgan fingerprint density at radius 2 is 1.76 bits per heavy atom. The van der Waals surface area contributed by atoms with Crippen molar-refractivity contribution in [3.8, 4) is 23.0 Å². The molecule has 0 amide bonds. The summed E-state index contributed by atoms with van der Waals surface area (Å²) in [6.07, 6.45) is 0.935. The number of H-pyrrole nitrogens is 1. The molecule has 3 aromatic carbocycles.